The zero-order valence-corrected chi connectivity index (χ0v) is 11.2. The van der Waals surface area contributed by atoms with Crippen molar-refractivity contribution in [2.75, 3.05) is 6.54 Å². The lowest BCUT2D eigenvalue weighted by atomic mass is 9.87. The van der Waals surface area contributed by atoms with Crippen LogP contribution in [0.4, 0.5) is 8.78 Å². The Bertz CT molecular complexity index is 584. The van der Waals surface area contributed by atoms with E-state index in [1.54, 1.807) is 25.1 Å². The largest absolute Gasteiger partial charge is 0.388 e. The molecule has 2 atom stereocenters. The minimum atomic E-state index is -0.929. The second-order valence-corrected chi connectivity index (χ2v) is 4.84. The van der Waals surface area contributed by atoms with Gasteiger partial charge >= 0.3 is 0 Å². The number of benzene rings is 2. The fourth-order valence-corrected chi connectivity index (χ4v) is 2.30. The van der Waals surface area contributed by atoms with Crippen LogP contribution in [0.3, 0.4) is 0 Å². The molecule has 20 heavy (non-hydrogen) atoms. The Balaban J connectivity index is 2.35. The molecule has 0 saturated carbocycles. The van der Waals surface area contributed by atoms with Gasteiger partial charge in [-0.1, -0.05) is 18.2 Å². The van der Waals surface area contributed by atoms with Crippen molar-refractivity contribution >= 4 is 0 Å². The zero-order valence-electron chi connectivity index (χ0n) is 11.2. The molecule has 0 saturated heterocycles. The number of aliphatic hydroxyl groups is 1. The van der Waals surface area contributed by atoms with Crippen molar-refractivity contribution < 1.29 is 13.9 Å². The predicted octanol–water partition coefficient (Wildman–Crippen LogP) is 3.05. The number of rotatable bonds is 4. The first-order valence-electron chi connectivity index (χ1n) is 6.42. The topological polar surface area (TPSA) is 46.2 Å². The Kier molecular flexibility index (Phi) is 4.47. The van der Waals surface area contributed by atoms with Crippen molar-refractivity contribution in [3.05, 3.63) is 70.8 Å². The minimum absolute atomic E-state index is 0.183. The van der Waals surface area contributed by atoms with Crippen molar-refractivity contribution in [1.82, 2.24) is 0 Å². The molecule has 0 bridgehead atoms. The molecule has 0 spiro atoms. The molecule has 0 amide bonds. The molecular formula is C16H17F2NO. The Hall–Kier alpha value is -1.78. The second-order valence-electron chi connectivity index (χ2n) is 4.84. The van der Waals surface area contributed by atoms with E-state index in [4.69, 9.17) is 5.73 Å². The lowest BCUT2D eigenvalue weighted by Gasteiger charge is -2.23. The molecule has 2 rings (SSSR count). The summed E-state index contributed by atoms with van der Waals surface area (Å²) < 4.78 is 26.3. The highest BCUT2D eigenvalue weighted by molar-refractivity contribution is 5.33. The number of aliphatic hydroxyl groups excluding tert-OH is 1. The van der Waals surface area contributed by atoms with Gasteiger partial charge < -0.3 is 10.8 Å². The van der Waals surface area contributed by atoms with E-state index in [0.29, 0.717) is 5.56 Å². The molecule has 0 fully saturated rings. The molecule has 4 heteroatoms. The van der Waals surface area contributed by atoms with Crippen LogP contribution in [0.25, 0.3) is 0 Å². The van der Waals surface area contributed by atoms with Gasteiger partial charge in [0, 0.05) is 12.5 Å². The van der Waals surface area contributed by atoms with Crippen LogP contribution in [0.5, 0.6) is 0 Å². The van der Waals surface area contributed by atoms with Crippen LogP contribution in [0.2, 0.25) is 0 Å². The maximum Gasteiger partial charge on any atom is 0.123 e. The lowest BCUT2D eigenvalue weighted by Crippen LogP contribution is -2.21. The predicted molar refractivity (Wildman–Crippen MR) is 74.3 cm³/mol. The van der Waals surface area contributed by atoms with Crippen molar-refractivity contribution in [2.24, 2.45) is 5.73 Å². The summed E-state index contributed by atoms with van der Waals surface area (Å²) in [6.07, 6.45) is -0.929. The molecule has 3 N–H and O–H groups in total. The average molecular weight is 277 g/mol. The number of halogens is 2. The quantitative estimate of drug-likeness (QED) is 0.902. The molecule has 106 valence electrons. The van der Waals surface area contributed by atoms with Gasteiger partial charge in [-0.25, -0.2) is 8.78 Å². The van der Waals surface area contributed by atoms with Gasteiger partial charge in [0.1, 0.15) is 11.6 Å². The van der Waals surface area contributed by atoms with Crippen LogP contribution in [0.1, 0.15) is 28.7 Å². The second kappa shape index (κ2) is 6.11. The van der Waals surface area contributed by atoms with Crippen LogP contribution < -0.4 is 5.73 Å². The van der Waals surface area contributed by atoms with Crippen LogP contribution in [-0.2, 0) is 0 Å². The maximum atomic E-state index is 13.3. The normalized spacial score (nSPS) is 14.1. The summed E-state index contributed by atoms with van der Waals surface area (Å²) in [6.45, 7) is 1.99. The summed E-state index contributed by atoms with van der Waals surface area (Å²) in [6, 6.07) is 10.1. The summed E-state index contributed by atoms with van der Waals surface area (Å²) in [5.74, 6) is -1.16. The van der Waals surface area contributed by atoms with Crippen LogP contribution >= 0.6 is 0 Å². The molecule has 0 aliphatic rings. The van der Waals surface area contributed by atoms with Gasteiger partial charge in [-0.05, 0) is 47.9 Å². The minimum Gasteiger partial charge on any atom is -0.388 e. The Morgan fingerprint density at radius 1 is 1.05 bits per heavy atom. The Morgan fingerprint density at radius 3 is 2.25 bits per heavy atom. The maximum absolute atomic E-state index is 13.3. The fourth-order valence-electron chi connectivity index (χ4n) is 2.30. The van der Waals surface area contributed by atoms with Crippen molar-refractivity contribution in [1.29, 1.82) is 0 Å². The van der Waals surface area contributed by atoms with Crippen LogP contribution in [0.15, 0.2) is 42.5 Å². The molecule has 2 aromatic carbocycles. The summed E-state index contributed by atoms with van der Waals surface area (Å²) in [5.41, 5.74) is 7.74. The molecule has 2 aromatic rings. The molecule has 2 nitrogen and oxygen atoms in total. The lowest BCUT2D eigenvalue weighted by molar-refractivity contribution is 0.146. The third-order valence-electron chi connectivity index (χ3n) is 3.49. The van der Waals surface area contributed by atoms with E-state index in [-0.39, 0.29) is 12.4 Å². The van der Waals surface area contributed by atoms with Gasteiger partial charge in [0.05, 0.1) is 6.10 Å². The van der Waals surface area contributed by atoms with Gasteiger partial charge in [0.2, 0.25) is 0 Å². The smallest absolute Gasteiger partial charge is 0.123 e. The van der Waals surface area contributed by atoms with E-state index < -0.39 is 17.8 Å². The number of nitrogens with two attached hydrogens (primary N) is 1. The van der Waals surface area contributed by atoms with Crippen LogP contribution in [0, 0.1) is 18.6 Å². The van der Waals surface area contributed by atoms with E-state index in [1.807, 2.05) is 0 Å². The summed E-state index contributed by atoms with van der Waals surface area (Å²) in [4.78, 5) is 0. The van der Waals surface area contributed by atoms with Gasteiger partial charge in [0.15, 0.2) is 0 Å². The van der Waals surface area contributed by atoms with Gasteiger partial charge in [-0.2, -0.15) is 0 Å². The summed E-state index contributed by atoms with van der Waals surface area (Å²) >= 11 is 0. The highest BCUT2D eigenvalue weighted by atomic mass is 19.1. The van der Waals surface area contributed by atoms with Crippen molar-refractivity contribution in [3.63, 3.8) is 0 Å². The first-order chi connectivity index (χ1) is 9.52. The number of hydrogen-bond acceptors (Lipinski definition) is 2. The summed E-state index contributed by atoms with van der Waals surface area (Å²) in [7, 11) is 0. The van der Waals surface area contributed by atoms with Crippen molar-refractivity contribution in [2.45, 2.75) is 18.9 Å². The van der Waals surface area contributed by atoms with Crippen LogP contribution in [-0.4, -0.2) is 11.7 Å². The molecule has 0 aromatic heterocycles. The van der Waals surface area contributed by atoms with E-state index in [9.17, 15) is 13.9 Å². The Morgan fingerprint density at radius 2 is 1.65 bits per heavy atom. The SMILES string of the molecule is Cc1ccc(F)cc1C(O)C(CN)c1ccc(F)cc1. The highest BCUT2D eigenvalue weighted by Gasteiger charge is 2.23. The van der Waals surface area contributed by atoms with E-state index >= 15 is 0 Å². The van der Waals surface area contributed by atoms with Gasteiger partial charge in [-0.15, -0.1) is 0 Å². The molecular weight excluding hydrogens is 260 g/mol. The number of hydrogen-bond donors (Lipinski definition) is 2. The average Bonchev–Trinajstić information content (AvgIpc) is 2.44. The monoisotopic (exact) mass is 277 g/mol. The first-order valence-corrected chi connectivity index (χ1v) is 6.42. The summed E-state index contributed by atoms with van der Waals surface area (Å²) in [5, 5.41) is 10.5. The zero-order chi connectivity index (χ0) is 14.7. The fraction of sp³-hybridized carbons (Fsp3) is 0.250. The molecule has 0 aliphatic carbocycles. The molecule has 2 unspecified atom stereocenters. The molecule has 0 heterocycles. The van der Waals surface area contributed by atoms with Gasteiger partial charge in [-0.3, -0.25) is 0 Å². The highest BCUT2D eigenvalue weighted by Crippen LogP contribution is 2.32. The van der Waals surface area contributed by atoms with Gasteiger partial charge in [0.25, 0.3) is 0 Å². The van der Waals surface area contributed by atoms with E-state index in [0.717, 1.165) is 11.1 Å². The third kappa shape index (κ3) is 3.03. The number of aryl methyl sites for hydroxylation is 1. The standard InChI is InChI=1S/C16H17F2NO/c1-10-2-5-13(18)8-14(10)16(20)15(9-19)11-3-6-12(17)7-4-11/h2-8,15-16,20H,9,19H2,1H3. The van der Waals surface area contributed by atoms with E-state index in [1.165, 1.54) is 24.3 Å². The molecule has 0 radical (unpaired) electrons. The first kappa shape index (κ1) is 14.6. The third-order valence-corrected chi connectivity index (χ3v) is 3.49. The Labute approximate surface area is 116 Å². The molecule has 0 aliphatic heterocycles. The van der Waals surface area contributed by atoms with Crippen molar-refractivity contribution in [3.8, 4) is 0 Å². The van der Waals surface area contributed by atoms with E-state index in [2.05, 4.69) is 0 Å².